The lowest BCUT2D eigenvalue weighted by atomic mass is 9.33. The van der Waals surface area contributed by atoms with Crippen molar-refractivity contribution in [3.63, 3.8) is 0 Å². The van der Waals surface area contributed by atoms with E-state index in [4.69, 9.17) is 4.42 Å². The van der Waals surface area contributed by atoms with Crippen molar-refractivity contribution in [1.82, 2.24) is 0 Å². The molecule has 0 fully saturated rings. The van der Waals surface area contributed by atoms with Crippen molar-refractivity contribution in [3.8, 4) is 11.1 Å². The molecule has 0 bridgehead atoms. The van der Waals surface area contributed by atoms with Crippen molar-refractivity contribution in [3.05, 3.63) is 164 Å². The Hall–Kier alpha value is -6.00. The molecule has 0 atom stereocenters. The number of furan rings is 1. The fourth-order valence-corrected chi connectivity index (χ4v) is 7.76. The minimum absolute atomic E-state index is 0.119. The molecular weight excluding hydrogens is 559 g/mol. The van der Waals surface area contributed by atoms with Crippen LogP contribution in [-0.2, 0) is 0 Å². The zero-order valence-electron chi connectivity index (χ0n) is 25.0. The molecule has 7 aromatic carbocycles. The minimum Gasteiger partial charge on any atom is -0.456 e. The Labute approximate surface area is 267 Å². The quantitative estimate of drug-likeness (QED) is 0.192. The number of nitrogens with zero attached hydrogens (tertiary/aromatic N) is 2. The first-order valence-corrected chi connectivity index (χ1v) is 15.8. The summed E-state index contributed by atoms with van der Waals surface area (Å²) in [5.74, 6) is 0. The van der Waals surface area contributed by atoms with Crippen LogP contribution in [0.25, 0.3) is 33.1 Å². The zero-order chi connectivity index (χ0) is 30.2. The molecular formula is C42H27BN2O. The lowest BCUT2D eigenvalue weighted by Crippen LogP contribution is -2.61. The van der Waals surface area contributed by atoms with Crippen molar-refractivity contribution in [2.45, 2.75) is 0 Å². The van der Waals surface area contributed by atoms with Gasteiger partial charge in [0, 0.05) is 44.8 Å². The minimum atomic E-state index is 0.119. The number of anilines is 6. The second-order valence-corrected chi connectivity index (χ2v) is 12.1. The number of hydrogen-bond acceptors (Lipinski definition) is 3. The van der Waals surface area contributed by atoms with Gasteiger partial charge in [0.1, 0.15) is 11.2 Å². The van der Waals surface area contributed by atoms with E-state index >= 15 is 0 Å². The third-order valence-corrected chi connectivity index (χ3v) is 9.66. The van der Waals surface area contributed by atoms with Crippen molar-refractivity contribution in [2.75, 3.05) is 9.80 Å². The van der Waals surface area contributed by atoms with Crippen LogP contribution in [0.1, 0.15) is 0 Å². The molecule has 0 aliphatic carbocycles. The highest BCUT2D eigenvalue weighted by Crippen LogP contribution is 2.46. The molecule has 0 saturated carbocycles. The topological polar surface area (TPSA) is 19.6 Å². The average molecular weight is 587 g/mol. The molecule has 3 heterocycles. The van der Waals surface area contributed by atoms with E-state index in [0.717, 1.165) is 44.4 Å². The van der Waals surface area contributed by atoms with Crippen LogP contribution >= 0.6 is 0 Å². The van der Waals surface area contributed by atoms with Gasteiger partial charge in [-0.1, -0.05) is 103 Å². The van der Waals surface area contributed by atoms with Crippen LogP contribution in [0.2, 0.25) is 0 Å². The van der Waals surface area contributed by atoms with Crippen LogP contribution < -0.4 is 26.2 Å². The molecule has 3 nitrogen and oxygen atoms in total. The lowest BCUT2D eigenvalue weighted by Gasteiger charge is -2.44. The summed E-state index contributed by atoms with van der Waals surface area (Å²) in [6, 6.07) is 59.0. The van der Waals surface area contributed by atoms with Crippen molar-refractivity contribution >= 4 is 79.2 Å². The number of rotatable bonds is 3. The van der Waals surface area contributed by atoms with Gasteiger partial charge in [0.05, 0.1) is 5.69 Å². The number of fused-ring (bicyclic) bond motifs is 7. The van der Waals surface area contributed by atoms with E-state index in [1.165, 1.54) is 39.1 Å². The maximum Gasteiger partial charge on any atom is 0.252 e. The molecule has 0 N–H and O–H groups in total. The van der Waals surface area contributed by atoms with E-state index < -0.39 is 0 Å². The van der Waals surface area contributed by atoms with Gasteiger partial charge in [0.2, 0.25) is 0 Å². The van der Waals surface area contributed by atoms with E-state index in [1.807, 2.05) is 12.1 Å². The Morgan fingerprint density at radius 3 is 1.80 bits per heavy atom. The van der Waals surface area contributed by atoms with Gasteiger partial charge in [-0.3, -0.25) is 0 Å². The summed E-state index contributed by atoms with van der Waals surface area (Å²) in [7, 11) is 0. The van der Waals surface area contributed by atoms with Crippen LogP contribution in [0.3, 0.4) is 0 Å². The highest BCUT2D eigenvalue weighted by Gasteiger charge is 2.43. The predicted octanol–water partition coefficient (Wildman–Crippen LogP) is 9.34. The standard InChI is InChI=1S/C42H27BN2O/c1-2-13-29(14-3-1)44-36-20-9-6-17-33(36)43-34-18-7-10-21-37(34)45(39-23-12-22-38(44)42(39)43)35-19-8-4-15-30(35)28-25-26-32-31-16-5-11-24-40(31)46-41(32)27-28/h1-27H. The summed E-state index contributed by atoms with van der Waals surface area (Å²) in [6.07, 6.45) is 0. The van der Waals surface area contributed by atoms with E-state index in [-0.39, 0.29) is 6.71 Å². The summed E-state index contributed by atoms with van der Waals surface area (Å²) in [6.45, 7) is 0.119. The van der Waals surface area contributed by atoms with E-state index in [2.05, 4.69) is 161 Å². The van der Waals surface area contributed by atoms with Gasteiger partial charge in [-0.15, -0.1) is 0 Å². The van der Waals surface area contributed by atoms with Gasteiger partial charge in [0.25, 0.3) is 6.71 Å². The smallest absolute Gasteiger partial charge is 0.252 e. The molecule has 1 aromatic heterocycles. The first-order valence-electron chi connectivity index (χ1n) is 15.8. The number of para-hydroxylation sites is 5. The summed E-state index contributed by atoms with van der Waals surface area (Å²) in [5.41, 5.74) is 15.2. The molecule has 0 saturated heterocycles. The summed E-state index contributed by atoms with van der Waals surface area (Å²) in [4.78, 5) is 4.90. The maximum atomic E-state index is 6.33. The van der Waals surface area contributed by atoms with E-state index in [1.54, 1.807) is 0 Å². The first-order chi connectivity index (χ1) is 22.8. The highest BCUT2D eigenvalue weighted by molar-refractivity contribution is 7.00. The Bertz CT molecular complexity index is 2470. The Morgan fingerprint density at radius 1 is 0.413 bits per heavy atom. The first kappa shape index (κ1) is 25.3. The van der Waals surface area contributed by atoms with Crippen LogP contribution in [0.5, 0.6) is 0 Å². The maximum absolute atomic E-state index is 6.33. The lowest BCUT2D eigenvalue weighted by molar-refractivity contribution is 0.669. The largest absolute Gasteiger partial charge is 0.456 e. The number of hydrogen-bond donors (Lipinski definition) is 0. The van der Waals surface area contributed by atoms with E-state index in [9.17, 15) is 0 Å². The fourth-order valence-electron chi connectivity index (χ4n) is 7.76. The molecule has 214 valence electrons. The molecule has 2 aliphatic heterocycles. The van der Waals surface area contributed by atoms with Gasteiger partial charge < -0.3 is 14.2 Å². The van der Waals surface area contributed by atoms with Gasteiger partial charge in [-0.2, -0.15) is 0 Å². The molecule has 8 aromatic rings. The zero-order valence-corrected chi connectivity index (χ0v) is 25.0. The van der Waals surface area contributed by atoms with Gasteiger partial charge >= 0.3 is 0 Å². The second kappa shape index (κ2) is 9.75. The molecule has 0 amide bonds. The molecule has 0 unspecified atom stereocenters. The van der Waals surface area contributed by atoms with E-state index in [0.29, 0.717) is 0 Å². The Balaban J connectivity index is 1.23. The second-order valence-electron chi connectivity index (χ2n) is 12.1. The number of benzene rings is 7. The predicted molar refractivity (Wildman–Crippen MR) is 193 cm³/mol. The summed E-state index contributed by atoms with van der Waals surface area (Å²) < 4.78 is 6.33. The highest BCUT2D eigenvalue weighted by atomic mass is 16.3. The Morgan fingerprint density at radius 2 is 1.00 bits per heavy atom. The SMILES string of the molecule is c1ccc(N2c3ccccc3B3c4ccccc4N(c4ccccc4-c4ccc5c(c4)oc4ccccc45)c4cccc2c43)cc1. The van der Waals surface area contributed by atoms with Crippen LogP contribution in [-0.4, -0.2) is 6.71 Å². The van der Waals surface area contributed by atoms with Crippen LogP contribution in [0, 0.1) is 0 Å². The van der Waals surface area contributed by atoms with Crippen molar-refractivity contribution in [2.24, 2.45) is 0 Å². The van der Waals surface area contributed by atoms with Crippen LogP contribution in [0.15, 0.2) is 168 Å². The molecule has 2 aliphatic rings. The van der Waals surface area contributed by atoms with Crippen LogP contribution in [0.4, 0.5) is 34.1 Å². The third-order valence-electron chi connectivity index (χ3n) is 9.66. The molecule has 0 radical (unpaired) electrons. The van der Waals surface area contributed by atoms with Crippen molar-refractivity contribution in [1.29, 1.82) is 0 Å². The van der Waals surface area contributed by atoms with Gasteiger partial charge in [0.15, 0.2) is 0 Å². The fraction of sp³-hybridized carbons (Fsp3) is 0. The molecule has 46 heavy (non-hydrogen) atoms. The Kier molecular flexibility index (Phi) is 5.37. The third kappa shape index (κ3) is 3.55. The van der Waals surface area contributed by atoms with Gasteiger partial charge in [-0.05, 0) is 82.6 Å². The average Bonchev–Trinajstić information content (AvgIpc) is 3.50. The molecule has 10 rings (SSSR count). The molecule has 0 spiro atoms. The van der Waals surface area contributed by atoms with Gasteiger partial charge in [-0.25, -0.2) is 0 Å². The summed E-state index contributed by atoms with van der Waals surface area (Å²) in [5, 5.41) is 2.28. The normalized spacial score (nSPS) is 13.1. The summed E-state index contributed by atoms with van der Waals surface area (Å²) >= 11 is 0. The van der Waals surface area contributed by atoms with Crippen molar-refractivity contribution < 1.29 is 4.42 Å². The monoisotopic (exact) mass is 586 g/mol. The molecule has 4 heteroatoms.